The Balaban J connectivity index is 2.01. The summed E-state index contributed by atoms with van der Waals surface area (Å²) in [6, 6.07) is 23.9. The highest BCUT2D eigenvalue weighted by Crippen LogP contribution is 2.21. The summed E-state index contributed by atoms with van der Waals surface area (Å²) in [6.07, 6.45) is 1.01. The zero-order chi connectivity index (χ0) is 12.4. The van der Waals surface area contributed by atoms with E-state index in [0.29, 0.717) is 0 Å². The summed E-state index contributed by atoms with van der Waals surface area (Å²) in [5.41, 5.74) is 4.09. The van der Waals surface area contributed by atoms with Crippen LogP contribution in [0.25, 0.3) is 10.8 Å². The molecule has 0 N–H and O–H groups in total. The predicted molar refractivity (Wildman–Crippen MR) is 77.9 cm³/mol. The van der Waals surface area contributed by atoms with E-state index in [0.717, 1.165) is 6.42 Å². The van der Waals surface area contributed by atoms with Gasteiger partial charge in [-0.3, -0.25) is 0 Å². The molecule has 0 heterocycles. The zero-order valence-corrected chi connectivity index (χ0v) is 10.6. The molecular formula is C18H16. The quantitative estimate of drug-likeness (QED) is 0.598. The molecule has 3 aromatic carbocycles. The molecule has 88 valence electrons. The Morgan fingerprint density at radius 1 is 0.722 bits per heavy atom. The first-order valence-corrected chi connectivity index (χ1v) is 6.35. The van der Waals surface area contributed by atoms with Crippen molar-refractivity contribution in [2.45, 2.75) is 13.3 Å². The Bertz CT molecular complexity index is 666. The van der Waals surface area contributed by atoms with Crippen molar-refractivity contribution in [1.29, 1.82) is 0 Å². The molecule has 0 amide bonds. The van der Waals surface area contributed by atoms with Crippen LogP contribution >= 0.6 is 0 Å². The van der Waals surface area contributed by atoms with Crippen molar-refractivity contribution in [1.82, 2.24) is 0 Å². The lowest BCUT2D eigenvalue weighted by molar-refractivity contribution is 1.20. The van der Waals surface area contributed by atoms with Gasteiger partial charge >= 0.3 is 0 Å². The molecule has 0 aliphatic rings. The van der Waals surface area contributed by atoms with Crippen LogP contribution in [0.3, 0.4) is 0 Å². The molecule has 0 nitrogen and oxygen atoms in total. The smallest absolute Gasteiger partial charge is 0.00256 e. The Morgan fingerprint density at radius 3 is 2.39 bits per heavy atom. The summed E-state index contributed by atoms with van der Waals surface area (Å²) in [5.74, 6) is 0. The monoisotopic (exact) mass is 232 g/mol. The van der Waals surface area contributed by atoms with Crippen LogP contribution in [0.15, 0.2) is 66.7 Å². The first-order valence-electron chi connectivity index (χ1n) is 6.35. The van der Waals surface area contributed by atoms with Gasteiger partial charge in [-0.25, -0.2) is 0 Å². The van der Waals surface area contributed by atoms with Crippen molar-refractivity contribution in [2.75, 3.05) is 0 Å². The van der Waals surface area contributed by atoms with E-state index in [2.05, 4.69) is 73.7 Å². The average Bonchev–Trinajstić information content (AvgIpc) is 2.41. The second-order valence-corrected chi connectivity index (χ2v) is 4.79. The summed E-state index contributed by atoms with van der Waals surface area (Å²) < 4.78 is 0. The van der Waals surface area contributed by atoms with E-state index in [1.807, 2.05) is 0 Å². The van der Waals surface area contributed by atoms with Crippen LogP contribution in [0.4, 0.5) is 0 Å². The number of aryl methyl sites for hydroxylation is 1. The highest BCUT2D eigenvalue weighted by atomic mass is 14.0. The molecule has 0 atom stereocenters. The average molecular weight is 232 g/mol. The maximum atomic E-state index is 2.32. The number of rotatable bonds is 2. The molecule has 18 heavy (non-hydrogen) atoms. The fraction of sp³-hybridized carbons (Fsp3) is 0.111. The van der Waals surface area contributed by atoms with Gasteiger partial charge in [-0.05, 0) is 40.8 Å². The molecule has 0 heteroatoms. The minimum Gasteiger partial charge on any atom is -0.0622 e. The Morgan fingerprint density at radius 2 is 1.56 bits per heavy atom. The van der Waals surface area contributed by atoms with E-state index < -0.39 is 0 Å². The summed E-state index contributed by atoms with van der Waals surface area (Å²) in [7, 11) is 0. The fourth-order valence-electron chi connectivity index (χ4n) is 2.42. The van der Waals surface area contributed by atoms with Crippen molar-refractivity contribution in [3.63, 3.8) is 0 Å². The van der Waals surface area contributed by atoms with E-state index in [1.54, 1.807) is 0 Å². The van der Waals surface area contributed by atoms with Crippen molar-refractivity contribution in [3.8, 4) is 0 Å². The van der Waals surface area contributed by atoms with Gasteiger partial charge in [-0.1, -0.05) is 66.7 Å². The minimum absolute atomic E-state index is 1.01. The SMILES string of the molecule is Cc1cccc2ccc(Cc3ccccc3)cc12. The minimum atomic E-state index is 1.01. The molecular weight excluding hydrogens is 216 g/mol. The molecule has 0 spiro atoms. The maximum absolute atomic E-state index is 2.32. The highest BCUT2D eigenvalue weighted by molar-refractivity contribution is 5.86. The van der Waals surface area contributed by atoms with E-state index >= 15 is 0 Å². The molecule has 0 aromatic heterocycles. The first kappa shape index (κ1) is 11.0. The van der Waals surface area contributed by atoms with Crippen LogP contribution in [0.5, 0.6) is 0 Å². The van der Waals surface area contributed by atoms with Gasteiger partial charge in [0.05, 0.1) is 0 Å². The zero-order valence-electron chi connectivity index (χ0n) is 10.6. The standard InChI is InChI=1S/C18H16/c1-14-6-5-9-17-11-10-16(13-18(14)17)12-15-7-3-2-4-8-15/h2-11,13H,12H2,1H3. The molecule has 0 fully saturated rings. The van der Waals surface area contributed by atoms with E-state index in [-0.39, 0.29) is 0 Å². The van der Waals surface area contributed by atoms with Gasteiger partial charge in [0.1, 0.15) is 0 Å². The Labute approximate surface area is 108 Å². The molecule has 3 aromatic rings. The van der Waals surface area contributed by atoms with Crippen LogP contribution in [0.2, 0.25) is 0 Å². The second-order valence-electron chi connectivity index (χ2n) is 4.79. The third-order valence-corrected chi connectivity index (χ3v) is 3.42. The van der Waals surface area contributed by atoms with Gasteiger partial charge in [0.2, 0.25) is 0 Å². The van der Waals surface area contributed by atoms with Crippen molar-refractivity contribution < 1.29 is 0 Å². The molecule has 0 saturated carbocycles. The normalized spacial score (nSPS) is 10.7. The van der Waals surface area contributed by atoms with Crippen LogP contribution < -0.4 is 0 Å². The van der Waals surface area contributed by atoms with Gasteiger partial charge in [0.25, 0.3) is 0 Å². The fourth-order valence-corrected chi connectivity index (χ4v) is 2.42. The van der Waals surface area contributed by atoms with E-state index in [9.17, 15) is 0 Å². The third kappa shape index (κ3) is 2.14. The van der Waals surface area contributed by atoms with Crippen LogP contribution in [0, 0.1) is 6.92 Å². The van der Waals surface area contributed by atoms with Crippen molar-refractivity contribution in [3.05, 3.63) is 83.4 Å². The molecule has 0 aliphatic carbocycles. The first-order chi connectivity index (χ1) is 8.83. The lowest BCUT2D eigenvalue weighted by Gasteiger charge is -2.06. The van der Waals surface area contributed by atoms with Gasteiger partial charge < -0.3 is 0 Å². The number of hydrogen-bond acceptors (Lipinski definition) is 0. The summed E-state index contributed by atoms with van der Waals surface area (Å²) >= 11 is 0. The topological polar surface area (TPSA) is 0 Å². The molecule has 0 bridgehead atoms. The Kier molecular flexibility index (Phi) is 2.85. The summed E-state index contributed by atoms with van der Waals surface area (Å²) in [5, 5.41) is 2.69. The second kappa shape index (κ2) is 4.66. The number of hydrogen-bond donors (Lipinski definition) is 0. The number of fused-ring (bicyclic) bond motifs is 1. The van der Waals surface area contributed by atoms with Crippen LogP contribution in [-0.2, 0) is 6.42 Å². The molecule has 0 radical (unpaired) electrons. The van der Waals surface area contributed by atoms with E-state index in [1.165, 1.54) is 27.5 Å². The molecule has 0 saturated heterocycles. The molecule has 0 unspecified atom stereocenters. The van der Waals surface area contributed by atoms with Crippen LogP contribution in [0.1, 0.15) is 16.7 Å². The summed E-state index contributed by atoms with van der Waals surface area (Å²) in [6.45, 7) is 2.18. The lowest BCUT2D eigenvalue weighted by atomic mass is 9.99. The highest BCUT2D eigenvalue weighted by Gasteiger charge is 2.00. The summed E-state index contributed by atoms with van der Waals surface area (Å²) in [4.78, 5) is 0. The molecule has 0 aliphatic heterocycles. The molecule has 3 rings (SSSR count). The van der Waals surface area contributed by atoms with E-state index in [4.69, 9.17) is 0 Å². The third-order valence-electron chi connectivity index (χ3n) is 3.42. The van der Waals surface area contributed by atoms with Gasteiger partial charge in [0.15, 0.2) is 0 Å². The van der Waals surface area contributed by atoms with Gasteiger partial charge in [-0.2, -0.15) is 0 Å². The Hall–Kier alpha value is -2.08. The predicted octanol–water partition coefficient (Wildman–Crippen LogP) is 4.74. The maximum Gasteiger partial charge on any atom is -0.00256 e. The van der Waals surface area contributed by atoms with Crippen molar-refractivity contribution >= 4 is 10.8 Å². The van der Waals surface area contributed by atoms with Crippen molar-refractivity contribution in [2.24, 2.45) is 0 Å². The van der Waals surface area contributed by atoms with Crippen LogP contribution in [-0.4, -0.2) is 0 Å². The van der Waals surface area contributed by atoms with Gasteiger partial charge in [0, 0.05) is 0 Å². The lowest BCUT2D eigenvalue weighted by Crippen LogP contribution is -1.88. The largest absolute Gasteiger partial charge is 0.0622 e. The van der Waals surface area contributed by atoms with Gasteiger partial charge in [-0.15, -0.1) is 0 Å². The number of benzene rings is 3.